The van der Waals surface area contributed by atoms with E-state index in [4.69, 9.17) is 18.1 Å². The van der Waals surface area contributed by atoms with Crippen LogP contribution in [-0.4, -0.2) is 4.73 Å². The van der Waals surface area contributed by atoms with E-state index in [0.29, 0.717) is 10.6 Å². The Morgan fingerprint density at radius 3 is 1.67 bits per heavy atom. The minimum absolute atomic E-state index is 0.167. The number of nitrogens with two attached hydrogens (primary N) is 1. The summed E-state index contributed by atoms with van der Waals surface area (Å²) < 4.78 is 13.4. The molecule has 92 valence electrons. The molecule has 0 aliphatic rings. The van der Waals surface area contributed by atoms with Crippen LogP contribution in [0.3, 0.4) is 0 Å². The zero-order valence-electron chi connectivity index (χ0n) is 9.61. The van der Waals surface area contributed by atoms with Gasteiger partial charge in [0.25, 0.3) is 0 Å². The van der Waals surface area contributed by atoms with E-state index in [1.165, 1.54) is 0 Å². The highest BCUT2D eigenvalue weighted by atomic mass is 32.1. The van der Waals surface area contributed by atoms with E-state index in [1.807, 2.05) is 36.4 Å². The van der Waals surface area contributed by atoms with Crippen molar-refractivity contribution in [3.05, 3.63) is 60.7 Å². The number of hydrazine groups is 1. The number of rotatable bonds is 3. The fourth-order valence-corrected chi connectivity index (χ4v) is 4.52. The normalized spacial score (nSPS) is 10.9. The van der Waals surface area contributed by atoms with Gasteiger partial charge in [0, 0.05) is 10.6 Å². The third kappa shape index (κ3) is 2.23. The lowest BCUT2D eigenvalue weighted by Gasteiger charge is -2.19. The molecular formula is C13H13N2OPS. The van der Waals surface area contributed by atoms with Crippen molar-refractivity contribution >= 4 is 34.7 Å². The van der Waals surface area contributed by atoms with Crippen molar-refractivity contribution in [3.63, 3.8) is 0 Å². The second-order valence-electron chi connectivity index (χ2n) is 3.73. The molecule has 0 spiro atoms. The minimum Gasteiger partial charge on any atom is -0.311 e. The Hall–Kier alpha value is -1.48. The van der Waals surface area contributed by atoms with Crippen LogP contribution in [0.15, 0.2) is 60.7 Å². The monoisotopic (exact) mass is 276 g/mol. The van der Waals surface area contributed by atoms with Crippen LogP contribution in [0.5, 0.6) is 0 Å². The second-order valence-corrected chi connectivity index (χ2v) is 7.14. The predicted octanol–water partition coefficient (Wildman–Crippen LogP) is 1.75. The van der Waals surface area contributed by atoms with Crippen molar-refractivity contribution in [1.29, 1.82) is 0 Å². The summed E-state index contributed by atoms with van der Waals surface area (Å²) in [6, 6.07) is 18.3. The third-order valence-electron chi connectivity index (χ3n) is 2.65. The van der Waals surface area contributed by atoms with Gasteiger partial charge in [0.15, 0.2) is 11.9 Å². The van der Waals surface area contributed by atoms with E-state index >= 15 is 0 Å². The molecule has 5 heteroatoms. The van der Waals surface area contributed by atoms with Gasteiger partial charge in [0.1, 0.15) is 0 Å². The maximum atomic E-state index is 13.3. The molecule has 3 nitrogen and oxygen atoms in total. The second kappa shape index (κ2) is 5.44. The Morgan fingerprint density at radius 1 is 0.944 bits per heavy atom. The molecule has 18 heavy (non-hydrogen) atoms. The van der Waals surface area contributed by atoms with E-state index in [1.54, 1.807) is 24.3 Å². The van der Waals surface area contributed by atoms with Crippen LogP contribution in [0.2, 0.25) is 0 Å². The molecule has 2 rings (SSSR count). The first-order chi connectivity index (χ1) is 8.69. The van der Waals surface area contributed by atoms with Crippen molar-refractivity contribution in [2.24, 2.45) is 5.84 Å². The average molecular weight is 276 g/mol. The Kier molecular flexibility index (Phi) is 3.92. The molecule has 3 N–H and O–H groups in total. The maximum absolute atomic E-state index is 13.3. The van der Waals surface area contributed by atoms with E-state index in [0.717, 1.165) is 0 Å². The van der Waals surface area contributed by atoms with Crippen molar-refractivity contribution < 1.29 is 4.57 Å². The van der Waals surface area contributed by atoms with Gasteiger partial charge >= 0.3 is 0 Å². The summed E-state index contributed by atoms with van der Waals surface area (Å²) >= 11 is 5.15. The molecule has 0 fully saturated rings. The topological polar surface area (TPSA) is 55.1 Å². The Bertz CT molecular complexity index is 543. The highest BCUT2D eigenvalue weighted by molar-refractivity contribution is 8.07. The summed E-state index contributed by atoms with van der Waals surface area (Å²) in [5, 5.41) is 1.36. The van der Waals surface area contributed by atoms with Gasteiger partial charge in [-0.15, -0.1) is 0 Å². The standard InChI is InChI=1S/C13H13N2OPS/c14-15-13(18)17(16,11-7-3-1-4-8-11)12-9-5-2-6-10-12/h1-10H,14H2,(H,15,18). The molecule has 0 amide bonds. The first-order valence-electron chi connectivity index (χ1n) is 5.42. The lowest BCUT2D eigenvalue weighted by molar-refractivity contribution is 0.593. The molecule has 0 heterocycles. The quantitative estimate of drug-likeness (QED) is 0.388. The molecule has 0 radical (unpaired) electrons. The minimum atomic E-state index is -3.02. The Balaban J connectivity index is 2.63. The molecule has 0 bridgehead atoms. The third-order valence-corrected chi connectivity index (χ3v) is 6.29. The molecule has 0 aromatic heterocycles. The molecule has 0 saturated carbocycles. The smallest absolute Gasteiger partial charge is 0.198 e. The van der Waals surface area contributed by atoms with Gasteiger partial charge in [0.05, 0.1) is 0 Å². The number of thiocarbonyl (C=S) groups is 1. The average Bonchev–Trinajstić information content (AvgIpc) is 2.47. The lowest BCUT2D eigenvalue weighted by atomic mass is 10.4. The predicted molar refractivity (Wildman–Crippen MR) is 79.7 cm³/mol. The van der Waals surface area contributed by atoms with Gasteiger partial charge in [-0.3, -0.25) is 0 Å². The molecule has 0 atom stereocenters. The van der Waals surface area contributed by atoms with Gasteiger partial charge in [0.2, 0.25) is 0 Å². The van der Waals surface area contributed by atoms with Crippen molar-refractivity contribution in [2.75, 3.05) is 0 Å². The molecule has 2 aromatic carbocycles. The van der Waals surface area contributed by atoms with Crippen LogP contribution in [-0.2, 0) is 4.57 Å². The Morgan fingerprint density at radius 2 is 1.33 bits per heavy atom. The summed E-state index contributed by atoms with van der Waals surface area (Å²) in [5.74, 6) is 5.37. The first kappa shape index (κ1) is 13.0. The zero-order chi connectivity index (χ0) is 13.0. The molecule has 0 aliphatic carbocycles. The van der Waals surface area contributed by atoms with Crippen LogP contribution in [0.25, 0.3) is 0 Å². The Labute approximate surface area is 111 Å². The fraction of sp³-hybridized carbons (Fsp3) is 0. The molecular weight excluding hydrogens is 263 g/mol. The maximum Gasteiger partial charge on any atom is 0.198 e. The van der Waals surface area contributed by atoms with Crippen molar-refractivity contribution in [3.8, 4) is 0 Å². The highest BCUT2D eigenvalue weighted by Crippen LogP contribution is 2.43. The summed E-state index contributed by atoms with van der Waals surface area (Å²) in [4.78, 5) is 0. The largest absolute Gasteiger partial charge is 0.311 e. The number of hydrogen-bond donors (Lipinski definition) is 2. The summed E-state index contributed by atoms with van der Waals surface area (Å²) in [7, 11) is -3.02. The van der Waals surface area contributed by atoms with Crippen LogP contribution in [0, 0.1) is 0 Å². The highest BCUT2D eigenvalue weighted by Gasteiger charge is 2.31. The van der Waals surface area contributed by atoms with Crippen LogP contribution in [0.4, 0.5) is 0 Å². The van der Waals surface area contributed by atoms with Crippen LogP contribution >= 0.6 is 19.4 Å². The van der Waals surface area contributed by atoms with Crippen molar-refractivity contribution in [1.82, 2.24) is 5.43 Å². The number of hydrogen-bond acceptors (Lipinski definition) is 3. The van der Waals surface area contributed by atoms with Gasteiger partial charge in [-0.05, 0) is 0 Å². The van der Waals surface area contributed by atoms with Crippen LogP contribution < -0.4 is 21.9 Å². The van der Waals surface area contributed by atoms with Crippen molar-refractivity contribution in [2.45, 2.75) is 0 Å². The first-order valence-corrected chi connectivity index (χ1v) is 7.53. The van der Waals surface area contributed by atoms with E-state index < -0.39 is 7.14 Å². The van der Waals surface area contributed by atoms with Gasteiger partial charge in [-0.25, -0.2) is 5.84 Å². The fourth-order valence-electron chi connectivity index (χ4n) is 1.75. The van der Waals surface area contributed by atoms with Gasteiger partial charge in [-0.1, -0.05) is 72.9 Å². The number of benzene rings is 2. The number of nitrogens with one attached hydrogen (secondary N) is 1. The van der Waals surface area contributed by atoms with E-state index in [2.05, 4.69) is 5.43 Å². The summed E-state index contributed by atoms with van der Waals surface area (Å²) in [6.07, 6.45) is 0. The summed E-state index contributed by atoms with van der Waals surface area (Å²) in [6.45, 7) is 0. The van der Waals surface area contributed by atoms with E-state index in [-0.39, 0.29) is 4.73 Å². The lowest BCUT2D eigenvalue weighted by Crippen LogP contribution is -2.35. The molecule has 0 saturated heterocycles. The molecule has 2 aromatic rings. The molecule has 0 aliphatic heterocycles. The van der Waals surface area contributed by atoms with Gasteiger partial charge in [-0.2, -0.15) is 0 Å². The SMILES string of the molecule is NNC(=S)P(=O)(c1ccccc1)c1ccccc1. The zero-order valence-corrected chi connectivity index (χ0v) is 11.3. The van der Waals surface area contributed by atoms with Crippen LogP contribution in [0.1, 0.15) is 0 Å². The van der Waals surface area contributed by atoms with E-state index in [9.17, 15) is 4.57 Å². The molecule has 0 unspecified atom stereocenters. The summed E-state index contributed by atoms with van der Waals surface area (Å²) in [5.41, 5.74) is 2.37. The van der Waals surface area contributed by atoms with Gasteiger partial charge < -0.3 is 9.99 Å².